The zero-order valence-corrected chi connectivity index (χ0v) is 15.3. The smallest absolute Gasteiger partial charge is 0.314 e. The summed E-state index contributed by atoms with van der Waals surface area (Å²) in [5, 5.41) is 5.37. The number of rotatable bonds is 4. The van der Waals surface area contributed by atoms with E-state index in [-0.39, 0.29) is 5.92 Å². The van der Waals surface area contributed by atoms with E-state index in [1.165, 1.54) is 12.8 Å². The lowest BCUT2D eigenvalue weighted by molar-refractivity contribution is -0.133. The summed E-state index contributed by atoms with van der Waals surface area (Å²) >= 11 is 0. The number of para-hydroxylation sites is 1. The van der Waals surface area contributed by atoms with E-state index in [1.54, 1.807) is 0 Å². The highest BCUT2D eigenvalue weighted by Crippen LogP contribution is 2.24. The molecule has 0 aromatic heterocycles. The predicted molar refractivity (Wildman–Crippen MR) is 106 cm³/mol. The van der Waals surface area contributed by atoms with E-state index in [1.807, 2.05) is 62.4 Å². The van der Waals surface area contributed by atoms with Crippen LogP contribution in [0.25, 0.3) is 0 Å². The van der Waals surface area contributed by atoms with Gasteiger partial charge in [-0.2, -0.15) is 0 Å². The van der Waals surface area contributed by atoms with Crippen LogP contribution in [0.4, 0.5) is 17.1 Å². The van der Waals surface area contributed by atoms with Crippen molar-refractivity contribution in [2.24, 2.45) is 0 Å². The Kier molecular flexibility index (Phi) is 5.56. The van der Waals surface area contributed by atoms with Crippen LogP contribution < -0.4 is 15.5 Å². The summed E-state index contributed by atoms with van der Waals surface area (Å²) in [6, 6.07) is 15.2. The first-order chi connectivity index (χ1) is 12.5. The van der Waals surface area contributed by atoms with E-state index >= 15 is 0 Å². The molecule has 2 aromatic carbocycles. The zero-order chi connectivity index (χ0) is 18.5. The lowest BCUT2D eigenvalue weighted by atomic mass is 10.0. The fourth-order valence-corrected chi connectivity index (χ4v) is 3.21. The molecule has 26 heavy (non-hydrogen) atoms. The Morgan fingerprint density at radius 2 is 1.50 bits per heavy atom. The molecular weight excluding hydrogens is 326 g/mol. The van der Waals surface area contributed by atoms with Gasteiger partial charge < -0.3 is 15.5 Å². The largest absolute Gasteiger partial charge is 0.372 e. The van der Waals surface area contributed by atoms with Crippen LogP contribution in [0.3, 0.4) is 0 Å². The highest BCUT2D eigenvalue weighted by atomic mass is 16.2. The summed E-state index contributed by atoms with van der Waals surface area (Å²) in [6.07, 6.45) is 2.44. The molecule has 0 spiro atoms. The second kappa shape index (κ2) is 8.04. The normalized spacial score (nSPS) is 13.7. The van der Waals surface area contributed by atoms with Gasteiger partial charge in [0.25, 0.3) is 0 Å². The standard InChI is InChI=1S/C21H25N3O2/c1-15(2)18-7-3-4-8-19(18)23-21(26)20(25)22-16-9-11-17(12-10-16)24-13-5-6-14-24/h3-4,7-12,15H,5-6,13-14H2,1-2H3,(H,22,25)(H,23,26). The van der Waals surface area contributed by atoms with Crippen molar-refractivity contribution < 1.29 is 9.59 Å². The van der Waals surface area contributed by atoms with Crippen LogP contribution in [0, 0.1) is 0 Å². The second-order valence-electron chi connectivity index (χ2n) is 6.89. The first-order valence-corrected chi connectivity index (χ1v) is 9.11. The molecular formula is C21H25N3O2. The van der Waals surface area contributed by atoms with E-state index in [2.05, 4.69) is 15.5 Å². The first kappa shape index (κ1) is 18.0. The van der Waals surface area contributed by atoms with E-state index in [0.717, 1.165) is 24.3 Å². The minimum absolute atomic E-state index is 0.257. The molecule has 1 aliphatic heterocycles. The molecule has 2 aromatic rings. The molecule has 0 radical (unpaired) electrons. The molecule has 5 nitrogen and oxygen atoms in total. The van der Waals surface area contributed by atoms with Gasteiger partial charge in [-0.1, -0.05) is 32.0 Å². The first-order valence-electron chi connectivity index (χ1n) is 9.11. The number of anilines is 3. The Morgan fingerprint density at radius 3 is 2.15 bits per heavy atom. The molecule has 0 unspecified atom stereocenters. The molecule has 0 atom stereocenters. The van der Waals surface area contributed by atoms with Crippen molar-refractivity contribution in [1.29, 1.82) is 0 Å². The number of carbonyl (C=O) groups excluding carboxylic acids is 2. The van der Waals surface area contributed by atoms with E-state index in [0.29, 0.717) is 11.4 Å². The molecule has 3 rings (SSSR count). The Balaban J connectivity index is 1.61. The Hall–Kier alpha value is -2.82. The van der Waals surface area contributed by atoms with Crippen LogP contribution >= 0.6 is 0 Å². The van der Waals surface area contributed by atoms with Crippen molar-refractivity contribution in [2.75, 3.05) is 28.6 Å². The number of amides is 2. The number of nitrogens with zero attached hydrogens (tertiary/aromatic N) is 1. The van der Waals surface area contributed by atoms with Gasteiger partial charge in [0.05, 0.1) is 0 Å². The van der Waals surface area contributed by atoms with Gasteiger partial charge >= 0.3 is 11.8 Å². The van der Waals surface area contributed by atoms with Gasteiger partial charge in [-0.25, -0.2) is 0 Å². The Labute approximate surface area is 154 Å². The molecule has 0 bridgehead atoms. The van der Waals surface area contributed by atoms with Crippen molar-refractivity contribution in [1.82, 2.24) is 0 Å². The summed E-state index contributed by atoms with van der Waals surface area (Å²) < 4.78 is 0. The van der Waals surface area contributed by atoms with Crippen molar-refractivity contribution in [2.45, 2.75) is 32.6 Å². The number of hydrogen-bond acceptors (Lipinski definition) is 3. The maximum absolute atomic E-state index is 12.2. The minimum atomic E-state index is -0.669. The van der Waals surface area contributed by atoms with Gasteiger partial charge in [-0.3, -0.25) is 9.59 Å². The summed E-state index contributed by atoms with van der Waals surface area (Å²) in [4.78, 5) is 26.8. The number of nitrogens with one attached hydrogen (secondary N) is 2. The van der Waals surface area contributed by atoms with Crippen molar-refractivity contribution >= 4 is 28.9 Å². The topological polar surface area (TPSA) is 61.4 Å². The molecule has 0 saturated carbocycles. The number of carbonyl (C=O) groups is 2. The monoisotopic (exact) mass is 351 g/mol. The van der Waals surface area contributed by atoms with Crippen LogP contribution in [-0.4, -0.2) is 24.9 Å². The second-order valence-corrected chi connectivity index (χ2v) is 6.89. The molecule has 1 fully saturated rings. The summed E-state index contributed by atoms with van der Waals surface area (Å²) in [6.45, 7) is 6.24. The molecule has 136 valence electrons. The van der Waals surface area contributed by atoms with Gasteiger partial charge in [0.2, 0.25) is 0 Å². The van der Waals surface area contributed by atoms with E-state index < -0.39 is 11.8 Å². The predicted octanol–water partition coefficient (Wildman–Crippen LogP) is 3.99. The molecule has 1 saturated heterocycles. The van der Waals surface area contributed by atoms with E-state index in [4.69, 9.17) is 0 Å². The third-order valence-electron chi connectivity index (χ3n) is 4.63. The third kappa shape index (κ3) is 4.23. The molecule has 0 aliphatic carbocycles. The maximum Gasteiger partial charge on any atom is 0.314 e. The molecule has 1 heterocycles. The fraction of sp³-hybridized carbons (Fsp3) is 0.333. The van der Waals surface area contributed by atoms with Crippen LogP contribution in [0.1, 0.15) is 38.2 Å². The lowest BCUT2D eigenvalue weighted by Crippen LogP contribution is -2.29. The highest BCUT2D eigenvalue weighted by molar-refractivity contribution is 6.43. The highest BCUT2D eigenvalue weighted by Gasteiger charge is 2.17. The van der Waals surface area contributed by atoms with Gasteiger partial charge in [0.1, 0.15) is 0 Å². The van der Waals surface area contributed by atoms with Crippen LogP contribution in [-0.2, 0) is 9.59 Å². The van der Waals surface area contributed by atoms with Crippen LogP contribution in [0.2, 0.25) is 0 Å². The fourth-order valence-electron chi connectivity index (χ4n) is 3.21. The molecule has 1 aliphatic rings. The SMILES string of the molecule is CC(C)c1ccccc1NC(=O)C(=O)Nc1ccc(N2CCCC2)cc1. The van der Waals surface area contributed by atoms with Crippen LogP contribution in [0.5, 0.6) is 0 Å². The average Bonchev–Trinajstić information content (AvgIpc) is 3.17. The maximum atomic E-state index is 12.2. The molecule has 2 N–H and O–H groups in total. The lowest BCUT2D eigenvalue weighted by Gasteiger charge is -2.17. The minimum Gasteiger partial charge on any atom is -0.372 e. The van der Waals surface area contributed by atoms with Crippen molar-refractivity contribution in [3.63, 3.8) is 0 Å². The van der Waals surface area contributed by atoms with E-state index in [9.17, 15) is 9.59 Å². The van der Waals surface area contributed by atoms with Gasteiger partial charge in [-0.15, -0.1) is 0 Å². The van der Waals surface area contributed by atoms with Crippen molar-refractivity contribution in [3.8, 4) is 0 Å². The van der Waals surface area contributed by atoms with Crippen molar-refractivity contribution in [3.05, 3.63) is 54.1 Å². The molecule has 5 heteroatoms. The third-order valence-corrected chi connectivity index (χ3v) is 4.63. The van der Waals surface area contributed by atoms with Gasteiger partial charge in [0, 0.05) is 30.2 Å². The molecule has 2 amide bonds. The van der Waals surface area contributed by atoms with Gasteiger partial charge in [0.15, 0.2) is 0 Å². The van der Waals surface area contributed by atoms with Crippen LogP contribution in [0.15, 0.2) is 48.5 Å². The number of benzene rings is 2. The quantitative estimate of drug-likeness (QED) is 0.819. The summed E-state index contributed by atoms with van der Waals surface area (Å²) in [5.74, 6) is -1.08. The Bertz CT molecular complexity index is 778. The number of hydrogen-bond donors (Lipinski definition) is 2. The zero-order valence-electron chi connectivity index (χ0n) is 15.3. The summed E-state index contributed by atoms with van der Waals surface area (Å²) in [7, 11) is 0. The van der Waals surface area contributed by atoms with Gasteiger partial charge in [-0.05, 0) is 54.7 Å². The average molecular weight is 351 g/mol. The Morgan fingerprint density at radius 1 is 0.885 bits per heavy atom. The summed E-state index contributed by atoms with van der Waals surface area (Å²) in [5.41, 5.74) is 3.44.